The van der Waals surface area contributed by atoms with Gasteiger partial charge in [0.15, 0.2) is 0 Å². The zero-order valence-electron chi connectivity index (χ0n) is 11.6. The molecule has 134 valence electrons. The molecule has 1 unspecified atom stereocenters. The molecular formula is C10H14F7O4P-2. The van der Waals surface area contributed by atoms with Gasteiger partial charge < -0.3 is 18.9 Å². The lowest BCUT2D eigenvalue weighted by Gasteiger charge is -2.44. The van der Waals surface area contributed by atoms with Crippen molar-refractivity contribution in [1.82, 2.24) is 0 Å². The molecular weight excluding hydrogens is 348 g/mol. The molecule has 0 N–H and O–H groups in total. The van der Waals surface area contributed by atoms with Gasteiger partial charge in [0.1, 0.15) is 0 Å². The Morgan fingerprint density at radius 3 is 1.73 bits per heavy atom. The van der Waals surface area contributed by atoms with Crippen molar-refractivity contribution in [2.45, 2.75) is 63.2 Å². The van der Waals surface area contributed by atoms with Crippen LogP contribution in [0.15, 0.2) is 0 Å². The Kier molecular flexibility index (Phi) is 6.51. The summed E-state index contributed by atoms with van der Waals surface area (Å²) in [6, 6.07) is 0. The van der Waals surface area contributed by atoms with Crippen molar-refractivity contribution in [1.29, 1.82) is 0 Å². The zero-order valence-corrected chi connectivity index (χ0v) is 12.4. The predicted molar refractivity (Wildman–Crippen MR) is 57.2 cm³/mol. The van der Waals surface area contributed by atoms with E-state index < -0.39 is 50.7 Å². The van der Waals surface area contributed by atoms with Gasteiger partial charge in [-0.3, -0.25) is 0 Å². The molecule has 0 aliphatic carbocycles. The number of rotatable bonds is 8. The summed E-state index contributed by atoms with van der Waals surface area (Å²) in [5, 5.41) is 0. The molecule has 0 aliphatic rings. The molecule has 0 aromatic heterocycles. The van der Waals surface area contributed by atoms with Crippen molar-refractivity contribution in [3.05, 3.63) is 0 Å². The summed E-state index contributed by atoms with van der Waals surface area (Å²) < 4.78 is 103. The Morgan fingerprint density at radius 1 is 1.00 bits per heavy atom. The fraction of sp³-hybridized carbons (Fsp3) is 1.00. The van der Waals surface area contributed by atoms with Gasteiger partial charge in [0, 0.05) is 6.42 Å². The molecule has 0 saturated carbocycles. The van der Waals surface area contributed by atoms with Gasteiger partial charge in [0.25, 0.3) is 0 Å². The first kappa shape index (κ1) is 21.6. The number of alkyl halides is 7. The normalized spacial score (nSPS) is 17.4. The summed E-state index contributed by atoms with van der Waals surface area (Å²) in [6.45, 7) is 2.36. The topological polar surface area (TPSA) is 72.4 Å². The highest BCUT2D eigenvalue weighted by atomic mass is 31.2. The highest BCUT2D eigenvalue weighted by Crippen LogP contribution is 2.52. The molecule has 0 amide bonds. The fourth-order valence-corrected chi connectivity index (χ4v) is 2.71. The van der Waals surface area contributed by atoms with Crippen LogP contribution in [0.3, 0.4) is 0 Å². The number of halogens is 7. The molecule has 0 fully saturated rings. The van der Waals surface area contributed by atoms with E-state index in [-0.39, 0.29) is 6.42 Å². The Bertz CT molecular complexity index is 420. The van der Waals surface area contributed by atoms with Gasteiger partial charge in [-0.05, 0) is 12.8 Å². The van der Waals surface area contributed by atoms with Crippen LogP contribution in [-0.2, 0) is 9.09 Å². The highest BCUT2D eigenvalue weighted by Gasteiger charge is 2.73. The third-order valence-electron chi connectivity index (χ3n) is 3.01. The molecule has 0 aromatic carbocycles. The maximum absolute atomic E-state index is 13.4. The first-order valence-electron chi connectivity index (χ1n) is 6.09. The van der Waals surface area contributed by atoms with E-state index in [9.17, 15) is 45.1 Å². The smallest absolute Gasteiger partial charge is 0.459 e. The minimum absolute atomic E-state index is 0.0818. The second-order valence-electron chi connectivity index (χ2n) is 4.78. The average Bonchev–Trinajstić information content (AvgIpc) is 2.24. The van der Waals surface area contributed by atoms with Crippen LogP contribution in [0.1, 0.15) is 39.5 Å². The highest BCUT2D eigenvalue weighted by molar-refractivity contribution is 7.43. The van der Waals surface area contributed by atoms with Gasteiger partial charge in [0.2, 0.25) is 0 Å². The van der Waals surface area contributed by atoms with Crippen LogP contribution in [-0.4, -0.2) is 23.6 Å². The maximum Gasteiger partial charge on any atom is 0.459 e. The van der Waals surface area contributed by atoms with Crippen molar-refractivity contribution in [2.75, 3.05) is 0 Å². The quantitative estimate of drug-likeness (QED) is 0.492. The number of phosphoric ester groups is 1. The summed E-state index contributed by atoms with van der Waals surface area (Å²) in [7, 11) is -5.87. The molecule has 0 heterocycles. The van der Waals surface area contributed by atoms with E-state index in [0.717, 1.165) is 6.92 Å². The van der Waals surface area contributed by atoms with Gasteiger partial charge in [-0.1, -0.05) is 20.3 Å². The van der Waals surface area contributed by atoms with Gasteiger partial charge >= 0.3 is 18.0 Å². The molecule has 22 heavy (non-hydrogen) atoms. The third-order valence-corrected chi connectivity index (χ3v) is 3.63. The van der Waals surface area contributed by atoms with Crippen LogP contribution in [0.4, 0.5) is 30.7 Å². The molecule has 0 rings (SSSR count). The van der Waals surface area contributed by atoms with E-state index in [1.807, 2.05) is 0 Å². The first-order chi connectivity index (χ1) is 9.54. The summed E-state index contributed by atoms with van der Waals surface area (Å²) in [4.78, 5) is 21.2. The molecule has 0 aliphatic heterocycles. The van der Waals surface area contributed by atoms with E-state index in [1.54, 1.807) is 0 Å². The summed E-state index contributed by atoms with van der Waals surface area (Å²) in [5.41, 5.74) is -2.63. The van der Waals surface area contributed by atoms with Crippen molar-refractivity contribution in [3.63, 3.8) is 0 Å². The number of hydrogen-bond donors (Lipinski definition) is 0. The summed E-state index contributed by atoms with van der Waals surface area (Å²) >= 11 is 0. The summed E-state index contributed by atoms with van der Waals surface area (Å²) in [5.74, 6) is -12.0. The van der Waals surface area contributed by atoms with Crippen LogP contribution in [0.5, 0.6) is 0 Å². The molecule has 4 nitrogen and oxygen atoms in total. The van der Waals surface area contributed by atoms with E-state index in [0.29, 0.717) is 0 Å². The van der Waals surface area contributed by atoms with Crippen molar-refractivity contribution >= 4 is 7.82 Å². The zero-order chi connectivity index (χ0) is 18.0. The maximum atomic E-state index is 13.4. The Hall–Kier alpha value is -0.380. The molecule has 0 bridgehead atoms. The standard InChI is InChI=1S/C10H16F7O4P/c1-3-5-7(4-2,21-22(18,19)20)6-8(11,12)9(13,14)10(15,16)17/h3-6H2,1-2H3,(H2,18,19,20)/p-2. The van der Waals surface area contributed by atoms with Crippen LogP contribution in [0.2, 0.25) is 0 Å². The lowest BCUT2D eigenvalue weighted by atomic mass is 9.86. The van der Waals surface area contributed by atoms with Crippen LogP contribution in [0, 0.1) is 0 Å². The minimum Gasteiger partial charge on any atom is -0.790 e. The third kappa shape index (κ3) is 5.07. The van der Waals surface area contributed by atoms with E-state index in [4.69, 9.17) is 0 Å². The number of phosphoric acid groups is 1. The van der Waals surface area contributed by atoms with Crippen LogP contribution < -0.4 is 9.79 Å². The van der Waals surface area contributed by atoms with Gasteiger partial charge in [0.05, 0.1) is 13.4 Å². The van der Waals surface area contributed by atoms with Gasteiger partial charge in [-0.2, -0.15) is 30.7 Å². The Balaban J connectivity index is 5.68. The van der Waals surface area contributed by atoms with E-state index in [1.165, 1.54) is 6.92 Å². The van der Waals surface area contributed by atoms with Crippen LogP contribution in [0.25, 0.3) is 0 Å². The Morgan fingerprint density at radius 2 is 1.45 bits per heavy atom. The van der Waals surface area contributed by atoms with Gasteiger partial charge in [-0.15, -0.1) is 0 Å². The molecule has 0 spiro atoms. The van der Waals surface area contributed by atoms with E-state index >= 15 is 0 Å². The van der Waals surface area contributed by atoms with Crippen molar-refractivity contribution < 1.29 is 49.6 Å². The first-order valence-corrected chi connectivity index (χ1v) is 7.55. The number of hydrogen-bond acceptors (Lipinski definition) is 4. The fourth-order valence-electron chi connectivity index (χ4n) is 1.95. The second-order valence-corrected chi connectivity index (χ2v) is 5.86. The summed E-state index contributed by atoms with van der Waals surface area (Å²) in [6.07, 6.45) is -10.2. The molecule has 1 atom stereocenters. The van der Waals surface area contributed by atoms with Crippen molar-refractivity contribution in [3.8, 4) is 0 Å². The predicted octanol–water partition coefficient (Wildman–Crippen LogP) is 3.00. The lowest BCUT2D eigenvalue weighted by Crippen LogP contribution is -2.55. The lowest BCUT2D eigenvalue weighted by molar-refractivity contribution is -0.369. The van der Waals surface area contributed by atoms with E-state index in [2.05, 4.69) is 4.52 Å². The molecule has 0 saturated heterocycles. The second kappa shape index (κ2) is 6.62. The van der Waals surface area contributed by atoms with Crippen molar-refractivity contribution in [2.24, 2.45) is 0 Å². The average molecular weight is 362 g/mol. The SMILES string of the molecule is CCCC(CC)(CC(F)(F)C(F)(F)C(F)(F)F)OP(=O)([O-])[O-]. The van der Waals surface area contributed by atoms with Crippen LogP contribution >= 0.6 is 7.82 Å². The molecule has 12 heteroatoms. The largest absolute Gasteiger partial charge is 0.790 e. The molecule has 0 radical (unpaired) electrons. The van der Waals surface area contributed by atoms with Gasteiger partial charge in [-0.25, -0.2) is 0 Å². The minimum atomic E-state index is -6.54. The Labute approximate surface area is 121 Å². The monoisotopic (exact) mass is 362 g/mol. The molecule has 0 aromatic rings.